The number of halogens is 3. The standard InChI is InChI=1S/C22H16ClF2N3S/c1-14-9-11-15(12-10-14)28-21(16-5-2-3-6-18(16)23)26-27-22(28)29-13-17-19(24)7-4-8-20(17)25/h2-12H,13H2,1H3. The number of nitrogens with zero attached hydrogens (tertiary/aromatic N) is 3. The van der Waals surface area contributed by atoms with Crippen molar-refractivity contribution in [2.45, 2.75) is 17.8 Å². The largest absolute Gasteiger partial charge is 0.270 e. The van der Waals surface area contributed by atoms with E-state index in [-0.39, 0.29) is 11.3 Å². The molecule has 146 valence electrons. The molecule has 0 saturated heterocycles. The first-order valence-corrected chi connectivity index (χ1v) is 10.2. The van der Waals surface area contributed by atoms with E-state index in [0.717, 1.165) is 16.8 Å². The Kier molecular flexibility index (Phi) is 5.65. The van der Waals surface area contributed by atoms with Gasteiger partial charge in [0.05, 0.1) is 5.02 Å². The second-order valence-electron chi connectivity index (χ2n) is 6.45. The van der Waals surface area contributed by atoms with Gasteiger partial charge in [-0.25, -0.2) is 8.78 Å². The van der Waals surface area contributed by atoms with Gasteiger partial charge < -0.3 is 0 Å². The van der Waals surface area contributed by atoms with Crippen LogP contribution in [-0.4, -0.2) is 14.8 Å². The van der Waals surface area contributed by atoms with E-state index in [1.165, 1.54) is 30.0 Å². The molecule has 0 amide bonds. The van der Waals surface area contributed by atoms with Crippen molar-refractivity contribution >= 4 is 23.4 Å². The van der Waals surface area contributed by atoms with Crippen LogP contribution in [0, 0.1) is 18.6 Å². The molecule has 3 nitrogen and oxygen atoms in total. The molecule has 0 fully saturated rings. The third kappa shape index (κ3) is 4.04. The van der Waals surface area contributed by atoms with Crippen LogP contribution < -0.4 is 0 Å². The number of hydrogen-bond donors (Lipinski definition) is 0. The second-order valence-corrected chi connectivity index (χ2v) is 7.80. The molecule has 0 spiro atoms. The Morgan fingerprint density at radius 2 is 1.59 bits per heavy atom. The molecule has 0 N–H and O–H groups in total. The van der Waals surface area contributed by atoms with Gasteiger partial charge in [0.25, 0.3) is 0 Å². The van der Waals surface area contributed by atoms with Crippen LogP contribution in [-0.2, 0) is 5.75 Å². The van der Waals surface area contributed by atoms with Gasteiger partial charge in [-0.1, -0.05) is 59.3 Å². The zero-order valence-corrected chi connectivity index (χ0v) is 17.0. The number of rotatable bonds is 5. The van der Waals surface area contributed by atoms with E-state index in [4.69, 9.17) is 11.6 Å². The Morgan fingerprint density at radius 3 is 2.28 bits per heavy atom. The van der Waals surface area contributed by atoms with Gasteiger partial charge >= 0.3 is 0 Å². The summed E-state index contributed by atoms with van der Waals surface area (Å²) in [5.74, 6) is -0.503. The average molecular weight is 428 g/mol. The van der Waals surface area contributed by atoms with Crippen LogP contribution in [0.25, 0.3) is 17.1 Å². The molecule has 0 unspecified atom stereocenters. The SMILES string of the molecule is Cc1ccc(-n2c(SCc3c(F)cccc3F)nnc2-c2ccccc2Cl)cc1. The lowest BCUT2D eigenvalue weighted by Crippen LogP contribution is -2.01. The van der Waals surface area contributed by atoms with E-state index in [0.29, 0.717) is 16.0 Å². The van der Waals surface area contributed by atoms with E-state index in [9.17, 15) is 8.78 Å². The van der Waals surface area contributed by atoms with Crippen molar-refractivity contribution in [3.05, 3.63) is 94.5 Å². The maximum Gasteiger partial charge on any atom is 0.196 e. The third-order valence-corrected chi connectivity index (χ3v) is 5.73. The molecular formula is C22H16ClF2N3S. The summed E-state index contributed by atoms with van der Waals surface area (Å²) in [5, 5.41) is 9.67. The summed E-state index contributed by atoms with van der Waals surface area (Å²) in [6, 6.07) is 19.1. The fraction of sp³-hybridized carbons (Fsp3) is 0.0909. The van der Waals surface area contributed by atoms with Crippen molar-refractivity contribution < 1.29 is 8.78 Å². The zero-order chi connectivity index (χ0) is 20.4. The molecule has 0 bridgehead atoms. The van der Waals surface area contributed by atoms with Crippen LogP contribution in [0.3, 0.4) is 0 Å². The maximum atomic E-state index is 14.0. The van der Waals surface area contributed by atoms with Gasteiger partial charge in [0, 0.05) is 22.6 Å². The number of thioether (sulfide) groups is 1. The van der Waals surface area contributed by atoms with Gasteiger partial charge in [-0.2, -0.15) is 0 Å². The quantitative estimate of drug-likeness (QED) is 0.342. The molecule has 0 aliphatic carbocycles. The highest BCUT2D eigenvalue weighted by atomic mass is 35.5. The van der Waals surface area contributed by atoms with Gasteiger partial charge in [-0.3, -0.25) is 4.57 Å². The normalized spacial score (nSPS) is 11.0. The molecular weight excluding hydrogens is 412 g/mol. The minimum Gasteiger partial charge on any atom is -0.270 e. The monoisotopic (exact) mass is 427 g/mol. The molecule has 0 aliphatic rings. The molecule has 1 heterocycles. The first kappa shape index (κ1) is 19.6. The lowest BCUT2D eigenvalue weighted by atomic mass is 10.2. The molecule has 3 aromatic carbocycles. The summed E-state index contributed by atoms with van der Waals surface area (Å²) in [6.45, 7) is 2.00. The van der Waals surface area contributed by atoms with E-state index in [2.05, 4.69) is 10.2 Å². The van der Waals surface area contributed by atoms with Gasteiger partial charge in [-0.15, -0.1) is 10.2 Å². The Bertz CT molecular complexity index is 1140. The lowest BCUT2D eigenvalue weighted by Gasteiger charge is -2.12. The Balaban J connectivity index is 1.78. The minimum absolute atomic E-state index is 0.00949. The molecule has 7 heteroatoms. The molecule has 0 saturated carbocycles. The highest BCUT2D eigenvalue weighted by Gasteiger charge is 2.19. The smallest absolute Gasteiger partial charge is 0.196 e. The second kappa shape index (κ2) is 8.35. The summed E-state index contributed by atoms with van der Waals surface area (Å²) >= 11 is 7.60. The van der Waals surface area contributed by atoms with Crippen LogP contribution in [0.15, 0.2) is 71.9 Å². The highest BCUT2D eigenvalue weighted by molar-refractivity contribution is 7.98. The fourth-order valence-corrected chi connectivity index (χ4v) is 4.10. The first-order valence-electron chi connectivity index (χ1n) is 8.87. The van der Waals surface area contributed by atoms with Gasteiger partial charge in [0.15, 0.2) is 11.0 Å². The molecule has 0 aliphatic heterocycles. The summed E-state index contributed by atoms with van der Waals surface area (Å²) in [5.41, 5.74) is 2.69. The van der Waals surface area contributed by atoms with Gasteiger partial charge in [0.1, 0.15) is 11.6 Å². The summed E-state index contributed by atoms with van der Waals surface area (Å²) in [4.78, 5) is 0. The molecule has 0 radical (unpaired) electrons. The van der Waals surface area contributed by atoms with E-state index < -0.39 is 11.6 Å². The minimum atomic E-state index is -0.578. The van der Waals surface area contributed by atoms with Crippen molar-refractivity contribution in [2.24, 2.45) is 0 Å². The zero-order valence-electron chi connectivity index (χ0n) is 15.4. The predicted octanol–water partition coefficient (Wildman–Crippen LogP) is 6.47. The van der Waals surface area contributed by atoms with Crippen molar-refractivity contribution in [1.29, 1.82) is 0 Å². The molecule has 0 atom stereocenters. The molecule has 4 aromatic rings. The molecule has 4 rings (SSSR count). The van der Waals surface area contributed by atoms with E-state index >= 15 is 0 Å². The topological polar surface area (TPSA) is 30.7 Å². The summed E-state index contributed by atoms with van der Waals surface area (Å²) in [7, 11) is 0. The van der Waals surface area contributed by atoms with Crippen molar-refractivity contribution in [3.8, 4) is 17.1 Å². The number of aryl methyl sites for hydroxylation is 1. The Morgan fingerprint density at radius 1 is 0.897 bits per heavy atom. The van der Waals surface area contributed by atoms with Crippen molar-refractivity contribution in [2.75, 3.05) is 0 Å². The van der Waals surface area contributed by atoms with E-state index in [1.807, 2.05) is 54.0 Å². The van der Waals surface area contributed by atoms with E-state index in [1.54, 1.807) is 6.07 Å². The Labute approximate surface area is 176 Å². The summed E-state index contributed by atoms with van der Waals surface area (Å²) < 4.78 is 29.9. The maximum absolute atomic E-state index is 14.0. The fourth-order valence-electron chi connectivity index (χ4n) is 2.91. The number of benzene rings is 3. The predicted molar refractivity (Wildman–Crippen MR) is 112 cm³/mol. The average Bonchev–Trinajstić information content (AvgIpc) is 3.12. The van der Waals surface area contributed by atoms with Crippen LogP contribution >= 0.6 is 23.4 Å². The van der Waals surface area contributed by atoms with Crippen LogP contribution in [0.4, 0.5) is 8.78 Å². The van der Waals surface area contributed by atoms with Crippen molar-refractivity contribution in [3.63, 3.8) is 0 Å². The Hall–Kier alpha value is -2.70. The van der Waals surface area contributed by atoms with Gasteiger partial charge in [-0.05, 0) is 43.3 Å². The van der Waals surface area contributed by atoms with Crippen LogP contribution in [0.1, 0.15) is 11.1 Å². The van der Waals surface area contributed by atoms with Crippen LogP contribution in [0.2, 0.25) is 5.02 Å². The third-order valence-electron chi connectivity index (χ3n) is 4.45. The van der Waals surface area contributed by atoms with Gasteiger partial charge in [0.2, 0.25) is 0 Å². The first-order chi connectivity index (χ1) is 14.0. The molecule has 29 heavy (non-hydrogen) atoms. The molecule has 1 aromatic heterocycles. The number of aromatic nitrogens is 3. The summed E-state index contributed by atoms with van der Waals surface area (Å²) in [6.07, 6.45) is 0. The van der Waals surface area contributed by atoms with Crippen molar-refractivity contribution in [1.82, 2.24) is 14.8 Å². The number of hydrogen-bond acceptors (Lipinski definition) is 3. The lowest BCUT2D eigenvalue weighted by molar-refractivity contribution is 0.566. The highest BCUT2D eigenvalue weighted by Crippen LogP contribution is 2.33. The van der Waals surface area contributed by atoms with Crippen LogP contribution in [0.5, 0.6) is 0 Å².